The summed E-state index contributed by atoms with van der Waals surface area (Å²) in [4.78, 5) is 20.7. The van der Waals surface area contributed by atoms with E-state index >= 15 is 0 Å². The average Bonchev–Trinajstić information content (AvgIpc) is 3.40. The van der Waals surface area contributed by atoms with Crippen LogP contribution in [0.1, 0.15) is 50.4 Å². The van der Waals surface area contributed by atoms with E-state index in [1.807, 2.05) is 12.3 Å². The summed E-state index contributed by atoms with van der Waals surface area (Å²) in [5, 5.41) is 3.37. The molecule has 2 aliphatic rings. The molecular formula is C22H29N7O. The standard InChI is InChI=1S/C22H29N7O/c1-15-25-18-14-24-21(13-19(18)29(15)16-5-3-4-6-16)26-20-7-10-23-22(27-20)28-11-8-17(30-2)9-12-28/h7,10,13-14,16-17H,3-6,8-9,11-12H2,1-2H3,(H,23,24,26,27). The van der Waals surface area contributed by atoms with Crippen molar-refractivity contribution in [2.45, 2.75) is 57.6 Å². The van der Waals surface area contributed by atoms with Gasteiger partial charge in [0.2, 0.25) is 5.95 Å². The van der Waals surface area contributed by atoms with Gasteiger partial charge in [-0.3, -0.25) is 0 Å². The zero-order valence-corrected chi connectivity index (χ0v) is 17.7. The zero-order valence-electron chi connectivity index (χ0n) is 17.7. The number of methoxy groups -OCH3 is 1. The van der Waals surface area contributed by atoms with E-state index in [0.717, 1.165) is 60.4 Å². The number of rotatable bonds is 5. The maximum absolute atomic E-state index is 5.47. The second-order valence-corrected chi connectivity index (χ2v) is 8.31. The highest BCUT2D eigenvalue weighted by atomic mass is 16.5. The van der Waals surface area contributed by atoms with Crippen molar-refractivity contribution < 1.29 is 4.74 Å². The number of piperidine rings is 1. The Morgan fingerprint density at radius 2 is 1.83 bits per heavy atom. The number of nitrogens with one attached hydrogen (secondary N) is 1. The van der Waals surface area contributed by atoms with Gasteiger partial charge in [0.25, 0.3) is 0 Å². The molecule has 8 heteroatoms. The van der Waals surface area contributed by atoms with Gasteiger partial charge in [-0.2, -0.15) is 4.98 Å². The van der Waals surface area contributed by atoms with Crippen LogP contribution in [-0.2, 0) is 4.74 Å². The van der Waals surface area contributed by atoms with Crippen LogP contribution in [0.25, 0.3) is 11.0 Å². The second kappa shape index (κ2) is 8.18. The van der Waals surface area contributed by atoms with E-state index in [1.54, 1.807) is 13.3 Å². The maximum atomic E-state index is 5.47. The van der Waals surface area contributed by atoms with Gasteiger partial charge in [-0.25, -0.2) is 15.0 Å². The predicted molar refractivity (Wildman–Crippen MR) is 117 cm³/mol. The molecule has 3 aromatic heterocycles. The van der Waals surface area contributed by atoms with Crippen molar-refractivity contribution in [2.75, 3.05) is 30.4 Å². The second-order valence-electron chi connectivity index (χ2n) is 8.31. The number of ether oxygens (including phenoxy) is 1. The summed E-state index contributed by atoms with van der Waals surface area (Å²) in [6, 6.07) is 4.53. The topological polar surface area (TPSA) is 81.0 Å². The van der Waals surface area contributed by atoms with Crippen LogP contribution < -0.4 is 10.2 Å². The lowest BCUT2D eigenvalue weighted by Crippen LogP contribution is -2.37. The minimum atomic E-state index is 0.340. The Labute approximate surface area is 176 Å². The Balaban J connectivity index is 1.37. The summed E-state index contributed by atoms with van der Waals surface area (Å²) in [6.45, 7) is 3.91. The van der Waals surface area contributed by atoms with Crippen LogP contribution in [-0.4, -0.2) is 50.8 Å². The van der Waals surface area contributed by atoms with Gasteiger partial charge in [-0.05, 0) is 38.7 Å². The number of imidazole rings is 1. The van der Waals surface area contributed by atoms with Crippen molar-refractivity contribution in [3.63, 3.8) is 0 Å². The van der Waals surface area contributed by atoms with E-state index in [-0.39, 0.29) is 0 Å². The quantitative estimate of drug-likeness (QED) is 0.684. The van der Waals surface area contributed by atoms with Gasteiger partial charge < -0.3 is 19.5 Å². The number of hydrogen-bond donors (Lipinski definition) is 1. The summed E-state index contributed by atoms with van der Waals surface area (Å²) in [6.07, 6.45) is 11.1. The Bertz CT molecular complexity index is 1020. The lowest BCUT2D eigenvalue weighted by atomic mass is 10.1. The van der Waals surface area contributed by atoms with Crippen LogP contribution >= 0.6 is 0 Å². The average molecular weight is 408 g/mol. The molecule has 0 radical (unpaired) electrons. The number of fused-ring (bicyclic) bond motifs is 1. The van der Waals surface area contributed by atoms with E-state index in [1.165, 1.54) is 25.7 Å². The van der Waals surface area contributed by atoms with Crippen LogP contribution in [0, 0.1) is 6.92 Å². The summed E-state index contributed by atoms with van der Waals surface area (Å²) >= 11 is 0. The molecule has 5 rings (SSSR count). The normalized spacial score (nSPS) is 18.4. The fourth-order valence-corrected chi connectivity index (χ4v) is 4.80. The van der Waals surface area contributed by atoms with Crippen LogP contribution in [0.2, 0.25) is 0 Å². The lowest BCUT2D eigenvalue weighted by molar-refractivity contribution is 0.0816. The molecule has 30 heavy (non-hydrogen) atoms. The Morgan fingerprint density at radius 3 is 2.60 bits per heavy atom. The van der Waals surface area contributed by atoms with E-state index < -0.39 is 0 Å². The highest BCUT2D eigenvalue weighted by Gasteiger charge is 2.22. The summed E-state index contributed by atoms with van der Waals surface area (Å²) in [5.41, 5.74) is 2.10. The van der Waals surface area contributed by atoms with Crippen molar-refractivity contribution >= 4 is 28.6 Å². The van der Waals surface area contributed by atoms with Crippen LogP contribution in [0.3, 0.4) is 0 Å². The summed E-state index contributed by atoms with van der Waals surface area (Å²) in [5.74, 6) is 3.36. The first-order valence-corrected chi connectivity index (χ1v) is 10.9. The summed E-state index contributed by atoms with van der Waals surface area (Å²) < 4.78 is 7.86. The molecule has 158 valence electrons. The first-order chi connectivity index (χ1) is 14.7. The molecule has 1 aliphatic carbocycles. The van der Waals surface area contributed by atoms with Gasteiger partial charge >= 0.3 is 0 Å². The Hall–Kier alpha value is -2.74. The van der Waals surface area contributed by atoms with Crippen molar-refractivity contribution in [1.29, 1.82) is 0 Å². The van der Waals surface area contributed by atoms with Gasteiger partial charge in [0, 0.05) is 38.5 Å². The molecule has 3 aromatic rings. The number of hydrogen-bond acceptors (Lipinski definition) is 7. The lowest BCUT2D eigenvalue weighted by Gasteiger charge is -2.31. The first-order valence-electron chi connectivity index (χ1n) is 10.9. The number of nitrogens with zero attached hydrogens (tertiary/aromatic N) is 6. The highest BCUT2D eigenvalue weighted by molar-refractivity contribution is 5.79. The van der Waals surface area contributed by atoms with E-state index in [2.05, 4.69) is 37.7 Å². The fourth-order valence-electron chi connectivity index (χ4n) is 4.80. The maximum Gasteiger partial charge on any atom is 0.227 e. The van der Waals surface area contributed by atoms with Crippen molar-refractivity contribution in [2.24, 2.45) is 0 Å². The van der Waals surface area contributed by atoms with Gasteiger partial charge in [0.05, 0.1) is 17.8 Å². The molecule has 4 heterocycles. The molecular weight excluding hydrogens is 378 g/mol. The van der Waals surface area contributed by atoms with Crippen LogP contribution in [0.5, 0.6) is 0 Å². The number of aromatic nitrogens is 5. The van der Waals surface area contributed by atoms with Crippen LogP contribution in [0.15, 0.2) is 24.5 Å². The molecule has 1 saturated carbocycles. The van der Waals surface area contributed by atoms with E-state index in [0.29, 0.717) is 12.1 Å². The SMILES string of the molecule is COC1CCN(c2nccc(Nc3cc4c(cn3)nc(C)n4C3CCCC3)n2)CC1. The molecule has 0 unspecified atom stereocenters. The molecule has 1 aliphatic heterocycles. The number of pyridine rings is 1. The third kappa shape index (κ3) is 3.71. The zero-order chi connectivity index (χ0) is 20.5. The fraction of sp³-hybridized carbons (Fsp3) is 0.545. The molecule has 0 atom stereocenters. The number of aryl methyl sites for hydroxylation is 1. The molecule has 1 N–H and O–H groups in total. The first kappa shape index (κ1) is 19.2. The van der Waals surface area contributed by atoms with Crippen molar-refractivity contribution in [3.8, 4) is 0 Å². The third-order valence-corrected chi connectivity index (χ3v) is 6.40. The molecule has 0 spiro atoms. The third-order valence-electron chi connectivity index (χ3n) is 6.40. The van der Waals surface area contributed by atoms with E-state index in [9.17, 15) is 0 Å². The van der Waals surface area contributed by atoms with Gasteiger partial charge in [-0.1, -0.05) is 12.8 Å². The van der Waals surface area contributed by atoms with Crippen LogP contribution in [0.4, 0.5) is 17.6 Å². The number of anilines is 3. The molecule has 1 saturated heterocycles. The smallest absolute Gasteiger partial charge is 0.227 e. The highest BCUT2D eigenvalue weighted by Crippen LogP contribution is 2.34. The predicted octanol–water partition coefficient (Wildman–Crippen LogP) is 4.00. The van der Waals surface area contributed by atoms with Gasteiger partial charge in [0.15, 0.2) is 0 Å². The molecule has 0 aromatic carbocycles. The van der Waals surface area contributed by atoms with Gasteiger partial charge in [0.1, 0.15) is 23.0 Å². The molecule has 8 nitrogen and oxygen atoms in total. The summed E-state index contributed by atoms with van der Waals surface area (Å²) in [7, 11) is 1.78. The monoisotopic (exact) mass is 407 g/mol. The van der Waals surface area contributed by atoms with Crippen molar-refractivity contribution in [1.82, 2.24) is 24.5 Å². The van der Waals surface area contributed by atoms with E-state index in [4.69, 9.17) is 14.7 Å². The minimum Gasteiger partial charge on any atom is -0.381 e. The Kier molecular flexibility index (Phi) is 5.25. The van der Waals surface area contributed by atoms with Gasteiger partial charge in [-0.15, -0.1) is 0 Å². The Morgan fingerprint density at radius 1 is 1.03 bits per heavy atom. The van der Waals surface area contributed by atoms with Crippen molar-refractivity contribution in [3.05, 3.63) is 30.4 Å². The largest absolute Gasteiger partial charge is 0.381 e. The minimum absolute atomic E-state index is 0.340. The molecule has 2 fully saturated rings. The molecule has 0 amide bonds. The molecule has 0 bridgehead atoms.